The molecule has 1 aliphatic heterocycles. The molecule has 2 rings (SSSR count). The van der Waals surface area contributed by atoms with E-state index < -0.39 is 0 Å². The average molecular weight is 288 g/mol. The number of aromatic nitrogens is 2. The SMILES string of the molecule is CCC#CCN1CCC(CNC(=O)c2ccnn2C)CC1. The molecule has 0 bridgehead atoms. The number of hydrogen-bond donors (Lipinski definition) is 1. The number of amides is 1. The van der Waals surface area contributed by atoms with Gasteiger partial charge in [-0.25, -0.2) is 0 Å². The number of aryl methyl sites for hydroxylation is 1. The van der Waals surface area contributed by atoms with Crippen LogP contribution in [-0.2, 0) is 7.05 Å². The predicted molar refractivity (Wildman–Crippen MR) is 82.8 cm³/mol. The molecule has 0 atom stereocenters. The van der Waals surface area contributed by atoms with Crippen LogP contribution in [0, 0.1) is 17.8 Å². The summed E-state index contributed by atoms with van der Waals surface area (Å²) in [7, 11) is 1.78. The van der Waals surface area contributed by atoms with Gasteiger partial charge in [0.15, 0.2) is 0 Å². The second-order valence-electron chi connectivity index (χ2n) is 5.48. The van der Waals surface area contributed by atoms with E-state index in [1.54, 1.807) is 24.0 Å². The van der Waals surface area contributed by atoms with Crippen molar-refractivity contribution < 1.29 is 4.79 Å². The van der Waals surface area contributed by atoms with Gasteiger partial charge < -0.3 is 5.32 Å². The van der Waals surface area contributed by atoms with Crippen LogP contribution in [0.5, 0.6) is 0 Å². The highest BCUT2D eigenvalue weighted by molar-refractivity contribution is 5.92. The lowest BCUT2D eigenvalue weighted by molar-refractivity contribution is 0.0928. The normalized spacial score (nSPS) is 16.3. The first-order valence-corrected chi connectivity index (χ1v) is 7.65. The van der Waals surface area contributed by atoms with Crippen molar-refractivity contribution in [3.63, 3.8) is 0 Å². The fourth-order valence-electron chi connectivity index (χ4n) is 2.57. The van der Waals surface area contributed by atoms with Gasteiger partial charge in [0.05, 0.1) is 6.54 Å². The summed E-state index contributed by atoms with van der Waals surface area (Å²) in [6.07, 6.45) is 4.82. The highest BCUT2D eigenvalue weighted by Gasteiger charge is 2.19. The molecule has 2 heterocycles. The fourth-order valence-corrected chi connectivity index (χ4v) is 2.57. The Hall–Kier alpha value is -1.80. The second kappa shape index (κ2) is 7.84. The first kappa shape index (κ1) is 15.6. The maximum Gasteiger partial charge on any atom is 0.269 e. The van der Waals surface area contributed by atoms with Gasteiger partial charge in [0.25, 0.3) is 5.91 Å². The quantitative estimate of drug-likeness (QED) is 0.849. The van der Waals surface area contributed by atoms with Crippen molar-refractivity contribution in [2.45, 2.75) is 26.2 Å². The molecule has 1 aliphatic rings. The number of likely N-dealkylation sites (tertiary alicyclic amines) is 1. The topological polar surface area (TPSA) is 50.2 Å². The molecule has 1 aromatic heterocycles. The standard InChI is InChI=1S/C16H24N4O/c1-3-4-5-10-20-11-7-14(8-12-20)13-17-16(21)15-6-9-18-19(15)2/h6,9,14H,3,7-8,10-13H2,1-2H3,(H,17,21). The zero-order valence-corrected chi connectivity index (χ0v) is 12.9. The summed E-state index contributed by atoms with van der Waals surface area (Å²) < 4.78 is 1.60. The first-order valence-electron chi connectivity index (χ1n) is 7.65. The van der Waals surface area contributed by atoms with Crippen molar-refractivity contribution in [1.29, 1.82) is 0 Å². The van der Waals surface area contributed by atoms with Crippen molar-refractivity contribution >= 4 is 5.91 Å². The molecule has 114 valence electrons. The zero-order valence-electron chi connectivity index (χ0n) is 12.9. The molecule has 1 aromatic rings. The lowest BCUT2D eigenvalue weighted by Crippen LogP contribution is -2.39. The number of nitrogens with zero attached hydrogens (tertiary/aromatic N) is 3. The van der Waals surface area contributed by atoms with Crippen LogP contribution in [0.2, 0.25) is 0 Å². The summed E-state index contributed by atoms with van der Waals surface area (Å²) in [5, 5.41) is 7.03. The van der Waals surface area contributed by atoms with Crippen molar-refractivity contribution in [3.8, 4) is 11.8 Å². The minimum absolute atomic E-state index is 0.0359. The molecule has 1 fully saturated rings. The van der Waals surface area contributed by atoms with Gasteiger partial charge in [-0.3, -0.25) is 14.4 Å². The van der Waals surface area contributed by atoms with Crippen LogP contribution in [-0.4, -0.2) is 46.8 Å². The zero-order chi connectivity index (χ0) is 15.1. The molecular weight excluding hydrogens is 264 g/mol. The molecule has 5 nitrogen and oxygen atoms in total. The molecule has 0 aromatic carbocycles. The van der Waals surface area contributed by atoms with Crippen LogP contribution in [0.4, 0.5) is 0 Å². The molecule has 1 N–H and O–H groups in total. The molecule has 5 heteroatoms. The minimum Gasteiger partial charge on any atom is -0.350 e. The Morgan fingerprint density at radius 1 is 1.43 bits per heavy atom. The third-order valence-electron chi connectivity index (χ3n) is 3.92. The molecule has 1 saturated heterocycles. The van der Waals surface area contributed by atoms with Gasteiger partial charge in [-0.2, -0.15) is 5.10 Å². The lowest BCUT2D eigenvalue weighted by atomic mass is 9.97. The summed E-state index contributed by atoms with van der Waals surface area (Å²) in [6, 6.07) is 1.74. The van der Waals surface area contributed by atoms with Crippen molar-refractivity contribution in [2.24, 2.45) is 13.0 Å². The third-order valence-corrected chi connectivity index (χ3v) is 3.92. The highest BCUT2D eigenvalue weighted by Crippen LogP contribution is 2.16. The van der Waals surface area contributed by atoms with E-state index in [-0.39, 0.29) is 5.91 Å². The molecule has 0 aliphatic carbocycles. The highest BCUT2D eigenvalue weighted by atomic mass is 16.2. The molecular formula is C16H24N4O. The number of carbonyl (C=O) groups excluding carboxylic acids is 1. The first-order chi connectivity index (χ1) is 10.2. The number of carbonyl (C=O) groups is 1. The van der Waals surface area contributed by atoms with Gasteiger partial charge in [-0.05, 0) is 37.9 Å². The molecule has 21 heavy (non-hydrogen) atoms. The molecule has 0 spiro atoms. The summed E-state index contributed by atoms with van der Waals surface area (Å²) in [4.78, 5) is 14.4. The Balaban J connectivity index is 1.69. The Kier molecular flexibility index (Phi) is 5.82. The number of nitrogens with one attached hydrogen (secondary N) is 1. The van der Waals surface area contributed by atoms with Crippen LogP contribution in [0.15, 0.2) is 12.3 Å². The van der Waals surface area contributed by atoms with Crippen LogP contribution >= 0.6 is 0 Å². The molecule has 0 radical (unpaired) electrons. The Morgan fingerprint density at radius 2 is 2.19 bits per heavy atom. The van der Waals surface area contributed by atoms with Gasteiger partial charge in [-0.15, -0.1) is 5.92 Å². The van der Waals surface area contributed by atoms with Gasteiger partial charge in [-0.1, -0.05) is 12.8 Å². The van der Waals surface area contributed by atoms with E-state index in [1.165, 1.54) is 0 Å². The molecule has 1 amide bonds. The minimum atomic E-state index is -0.0359. The molecule has 0 saturated carbocycles. The summed E-state index contributed by atoms with van der Waals surface area (Å²) >= 11 is 0. The summed E-state index contributed by atoms with van der Waals surface area (Å²) in [6.45, 7) is 5.85. The average Bonchev–Trinajstić information content (AvgIpc) is 2.92. The van der Waals surface area contributed by atoms with Crippen LogP contribution < -0.4 is 5.32 Å². The van der Waals surface area contributed by atoms with E-state index in [9.17, 15) is 4.79 Å². The largest absolute Gasteiger partial charge is 0.350 e. The van der Waals surface area contributed by atoms with E-state index in [2.05, 4.69) is 34.1 Å². The van der Waals surface area contributed by atoms with Gasteiger partial charge in [0.2, 0.25) is 0 Å². The Bertz CT molecular complexity index is 518. The maximum atomic E-state index is 12.0. The van der Waals surface area contributed by atoms with Crippen LogP contribution in [0.3, 0.4) is 0 Å². The third kappa shape index (κ3) is 4.61. The number of piperidine rings is 1. The Labute approximate surface area is 126 Å². The summed E-state index contributed by atoms with van der Waals surface area (Å²) in [5.41, 5.74) is 0.613. The van der Waals surface area contributed by atoms with Crippen molar-refractivity contribution in [2.75, 3.05) is 26.2 Å². The smallest absolute Gasteiger partial charge is 0.269 e. The van der Waals surface area contributed by atoms with E-state index in [1.807, 2.05) is 0 Å². The van der Waals surface area contributed by atoms with Crippen LogP contribution in [0.1, 0.15) is 36.7 Å². The lowest BCUT2D eigenvalue weighted by Gasteiger charge is -2.30. The number of hydrogen-bond acceptors (Lipinski definition) is 3. The van der Waals surface area contributed by atoms with Crippen molar-refractivity contribution in [1.82, 2.24) is 20.0 Å². The number of rotatable bonds is 4. The van der Waals surface area contributed by atoms with E-state index in [4.69, 9.17) is 0 Å². The van der Waals surface area contributed by atoms with Crippen LogP contribution in [0.25, 0.3) is 0 Å². The monoisotopic (exact) mass is 288 g/mol. The van der Waals surface area contributed by atoms with Crippen molar-refractivity contribution in [3.05, 3.63) is 18.0 Å². The van der Waals surface area contributed by atoms with Gasteiger partial charge >= 0.3 is 0 Å². The van der Waals surface area contributed by atoms with E-state index >= 15 is 0 Å². The maximum absolute atomic E-state index is 12.0. The molecule has 0 unspecified atom stereocenters. The van der Waals surface area contributed by atoms with E-state index in [0.717, 1.165) is 45.4 Å². The van der Waals surface area contributed by atoms with Gasteiger partial charge in [0.1, 0.15) is 5.69 Å². The second-order valence-corrected chi connectivity index (χ2v) is 5.48. The Morgan fingerprint density at radius 3 is 2.81 bits per heavy atom. The van der Waals surface area contributed by atoms with Gasteiger partial charge in [0, 0.05) is 26.2 Å². The fraction of sp³-hybridized carbons (Fsp3) is 0.625. The van der Waals surface area contributed by atoms with E-state index in [0.29, 0.717) is 11.6 Å². The summed E-state index contributed by atoms with van der Waals surface area (Å²) in [5.74, 6) is 6.83. The predicted octanol–water partition coefficient (Wildman–Crippen LogP) is 1.28.